The largest absolute Gasteiger partial charge is 0.491 e. The van der Waals surface area contributed by atoms with Crippen LogP contribution in [0.2, 0.25) is 5.02 Å². The molecule has 0 atom stereocenters. The summed E-state index contributed by atoms with van der Waals surface area (Å²) in [5.41, 5.74) is -1.25. The predicted molar refractivity (Wildman–Crippen MR) is 311 cm³/mol. The van der Waals surface area contributed by atoms with E-state index in [9.17, 15) is 55.9 Å². The molecule has 0 spiro atoms. The number of benzene rings is 4. The van der Waals surface area contributed by atoms with Gasteiger partial charge in [-0.2, -0.15) is 0 Å². The molecule has 4 aliphatic rings. The molecule has 0 bridgehead atoms. The fourth-order valence-corrected chi connectivity index (χ4v) is 9.99. The van der Waals surface area contributed by atoms with Crippen LogP contribution in [0.25, 0.3) is 43.6 Å². The van der Waals surface area contributed by atoms with Gasteiger partial charge in [-0.05, 0) is 114 Å². The van der Waals surface area contributed by atoms with Crippen molar-refractivity contribution in [3.05, 3.63) is 165 Å². The van der Waals surface area contributed by atoms with Crippen molar-refractivity contribution in [2.75, 3.05) is 40.1 Å². The Hall–Kier alpha value is -8.54. The fourth-order valence-electron chi connectivity index (χ4n) is 9.70. The van der Waals surface area contributed by atoms with Crippen LogP contribution in [0.1, 0.15) is 138 Å². The third-order valence-corrected chi connectivity index (χ3v) is 14.9. The molecule has 2 N–H and O–H groups in total. The second kappa shape index (κ2) is 26.0. The predicted octanol–water partition coefficient (Wildman–Crippen LogP) is 11.3. The molecule has 86 heavy (non-hydrogen) atoms. The summed E-state index contributed by atoms with van der Waals surface area (Å²) in [5, 5.41) is 17.7. The summed E-state index contributed by atoms with van der Waals surface area (Å²) in [4.78, 5) is 95.0. The van der Waals surface area contributed by atoms with Crippen LogP contribution >= 0.6 is 23.2 Å². The van der Waals surface area contributed by atoms with Crippen LogP contribution in [0.4, 0.5) is 17.6 Å². The number of aromatic carboxylic acids is 2. The van der Waals surface area contributed by atoms with Gasteiger partial charge in [-0.25, -0.2) is 31.9 Å². The molecule has 19 nitrogen and oxygen atoms in total. The summed E-state index contributed by atoms with van der Waals surface area (Å²) in [7, 11) is 1.49. The molecule has 0 unspecified atom stereocenters. The van der Waals surface area contributed by atoms with Crippen molar-refractivity contribution in [1.82, 2.24) is 18.3 Å². The first-order valence-electron chi connectivity index (χ1n) is 27.5. The van der Waals surface area contributed by atoms with Gasteiger partial charge in [0, 0.05) is 95.8 Å². The number of carboxylic acids is 2. The molecule has 0 aliphatic heterocycles. The monoisotopic (exact) mass is 1230 g/mol. The molecule has 8 aromatic rings. The van der Waals surface area contributed by atoms with Gasteiger partial charge < -0.3 is 52.2 Å². The van der Waals surface area contributed by atoms with Gasteiger partial charge in [0.2, 0.25) is 21.7 Å². The molecule has 25 heteroatoms. The molecule has 0 saturated heterocycles. The second-order valence-corrected chi connectivity index (χ2v) is 21.3. The molecule has 4 aromatic carbocycles. The molecular formula is C61H56Cl2F4N4O15. The van der Waals surface area contributed by atoms with Crippen LogP contribution in [0, 0.1) is 23.3 Å². The first-order valence-corrected chi connectivity index (χ1v) is 28.3. The number of methoxy groups -OCH3 is 1. The van der Waals surface area contributed by atoms with Crippen LogP contribution in [0.3, 0.4) is 0 Å². The Morgan fingerprint density at radius 1 is 0.477 bits per heavy atom. The van der Waals surface area contributed by atoms with Gasteiger partial charge in [-0.1, -0.05) is 11.6 Å². The van der Waals surface area contributed by atoms with Gasteiger partial charge >= 0.3 is 17.9 Å². The van der Waals surface area contributed by atoms with Crippen molar-refractivity contribution in [2.24, 2.45) is 0 Å². The number of ether oxygens (including phenoxy) is 5. The maximum absolute atomic E-state index is 14.2. The highest BCUT2D eigenvalue weighted by molar-refractivity contribution is 6.67. The van der Waals surface area contributed by atoms with E-state index in [0.29, 0.717) is 41.9 Å². The lowest BCUT2D eigenvalue weighted by molar-refractivity contribution is 0.0385. The SMILES string of the molecule is CCOc1cc2c(cc1F)c(=O)c(C(=O)Cl)cn2C1CC1.CCOc1cc2c(cc1F)c(=O)c(C(=O)O)cn2C1CC1.CCOc1cc2c(cc1F)c(=O)c(C(=O)OCCOC)cn2C1CC1.O=C(O)c1cn(C2CC2)c2cc(Cl)c(F)cc2c1=O. The van der Waals surface area contributed by atoms with Gasteiger partial charge in [0.25, 0.3) is 5.24 Å². The first kappa shape index (κ1) is 62.0. The lowest BCUT2D eigenvalue weighted by Gasteiger charge is -2.14. The van der Waals surface area contributed by atoms with Gasteiger partial charge in [0.15, 0.2) is 34.7 Å². The summed E-state index contributed by atoms with van der Waals surface area (Å²) < 4.78 is 88.3. The topological polar surface area (TPSA) is 243 Å². The highest BCUT2D eigenvalue weighted by Crippen LogP contribution is 2.41. The molecule has 0 amide bonds. The Labute approximate surface area is 495 Å². The van der Waals surface area contributed by atoms with Crippen LogP contribution in [0.5, 0.6) is 17.2 Å². The quantitative estimate of drug-likeness (QED) is 0.0373. The van der Waals surface area contributed by atoms with E-state index in [2.05, 4.69) is 0 Å². The van der Waals surface area contributed by atoms with E-state index in [-0.39, 0.29) is 103 Å². The zero-order valence-electron chi connectivity index (χ0n) is 46.7. The van der Waals surface area contributed by atoms with E-state index in [4.69, 9.17) is 57.1 Å². The summed E-state index contributed by atoms with van der Waals surface area (Å²) >= 11 is 11.2. The minimum atomic E-state index is -1.31. The van der Waals surface area contributed by atoms with E-state index in [1.54, 1.807) is 29.9 Å². The van der Waals surface area contributed by atoms with Crippen molar-refractivity contribution in [3.63, 3.8) is 0 Å². The lowest BCUT2D eigenvalue weighted by atomic mass is 10.1. The summed E-state index contributed by atoms with van der Waals surface area (Å²) in [5.74, 6) is -5.70. The molecule has 0 radical (unpaired) electrons. The molecule has 452 valence electrons. The number of halogens is 6. The number of esters is 1. The number of nitrogens with zero attached hydrogens (tertiary/aromatic N) is 4. The van der Waals surface area contributed by atoms with Gasteiger partial charge in [0.1, 0.15) is 29.1 Å². The molecule has 4 aromatic heterocycles. The van der Waals surface area contributed by atoms with E-state index < -0.39 is 68.1 Å². The zero-order chi connectivity index (χ0) is 62.0. The summed E-state index contributed by atoms with van der Waals surface area (Å²) in [6.45, 7) is 6.50. The Bertz CT molecular complexity index is 4170. The number of carbonyl (C=O) groups is 4. The van der Waals surface area contributed by atoms with Crippen molar-refractivity contribution in [2.45, 2.75) is 96.3 Å². The molecular weight excluding hydrogens is 1180 g/mol. The highest BCUT2D eigenvalue weighted by Gasteiger charge is 2.32. The van der Waals surface area contributed by atoms with Crippen molar-refractivity contribution >= 4 is 90.0 Å². The highest BCUT2D eigenvalue weighted by atomic mass is 35.5. The zero-order valence-corrected chi connectivity index (χ0v) is 48.2. The number of hydrogen-bond donors (Lipinski definition) is 2. The number of carbonyl (C=O) groups excluding carboxylic acids is 2. The Balaban J connectivity index is 0.000000138. The molecule has 4 fully saturated rings. The van der Waals surface area contributed by atoms with E-state index >= 15 is 0 Å². The number of hydrogen-bond acceptors (Lipinski definition) is 13. The second-order valence-electron chi connectivity index (χ2n) is 20.5. The Morgan fingerprint density at radius 3 is 1.09 bits per heavy atom. The summed E-state index contributed by atoms with van der Waals surface area (Å²) in [6.07, 6.45) is 13.1. The van der Waals surface area contributed by atoms with Gasteiger partial charge in [-0.3, -0.25) is 24.0 Å². The molecule has 12 rings (SSSR count). The summed E-state index contributed by atoms with van der Waals surface area (Å²) in [6, 6.07) is 10.9. The third-order valence-electron chi connectivity index (χ3n) is 14.4. The lowest BCUT2D eigenvalue weighted by Crippen LogP contribution is -2.22. The smallest absolute Gasteiger partial charge is 0.343 e. The van der Waals surface area contributed by atoms with Crippen molar-refractivity contribution in [1.29, 1.82) is 0 Å². The average Bonchev–Trinajstić information content (AvgIpc) is 2.08. The standard InChI is InChI=1S/C18H20FNO5.C15H13ClFNO3.C15H14FNO4.C13H9ClFNO3/c1-3-24-16-9-15-12(8-14(16)19)17(21)13(10-20(15)11-4-5-11)18(22)25-7-6-23-2;1-2-21-13-6-12-9(5-11(13)17)14(19)10(15(16)20)7-18(12)8-3-4-8;1-2-21-13-6-12-9(5-11(13)16)14(18)10(15(19)20)7-17(12)8-3-4-8;14-9-4-11-7(3-10(9)15)12(17)8(13(18)19)5-16(11)6-1-2-6/h8-11H,3-7H2,1-2H3;5-8H,2-4H2,1H3;5-8H,2-4H2,1H3,(H,19,20);3-6H,1-2H2,(H,18,19). The third kappa shape index (κ3) is 13.3. The number of carboxylic acid groups (broad SMARTS) is 2. The maximum Gasteiger partial charge on any atom is 0.343 e. The normalized spacial score (nSPS) is 14.3. The maximum atomic E-state index is 14.2. The van der Waals surface area contributed by atoms with Crippen LogP contribution in [-0.4, -0.2) is 91.8 Å². The van der Waals surface area contributed by atoms with E-state index in [0.717, 1.165) is 75.6 Å². The molecule has 4 heterocycles. The minimum Gasteiger partial charge on any atom is -0.491 e. The number of aromatic nitrogens is 4. The van der Waals surface area contributed by atoms with Gasteiger partial charge in [-0.15, -0.1) is 0 Å². The minimum absolute atomic E-state index is 0.0495. The molecule has 4 aliphatic carbocycles. The van der Waals surface area contributed by atoms with Crippen molar-refractivity contribution < 1.29 is 70.6 Å². The Morgan fingerprint density at radius 2 is 0.779 bits per heavy atom. The Kier molecular flexibility index (Phi) is 18.7. The van der Waals surface area contributed by atoms with E-state index in [1.165, 1.54) is 56.2 Å². The van der Waals surface area contributed by atoms with Crippen LogP contribution in [-0.2, 0) is 9.47 Å². The van der Waals surface area contributed by atoms with Gasteiger partial charge in [0.05, 0.1) is 59.1 Å². The average molecular weight is 1230 g/mol. The number of pyridine rings is 4. The van der Waals surface area contributed by atoms with E-state index in [1.807, 2.05) is 9.13 Å². The molecule has 4 saturated carbocycles. The number of rotatable bonds is 17. The van der Waals surface area contributed by atoms with Crippen LogP contribution < -0.4 is 35.9 Å². The van der Waals surface area contributed by atoms with Crippen LogP contribution in [0.15, 0.2) is 92.5 Å². The first-order chi connectivity index (χ1) is 41.1. The fraction of sp³-hybridized carbons (Fsp3) is 0.344. The number of fused-ring (bicyclic) bond motifs is 4. The van der Waals surface area contributed by atoms with Crippen molar-refractivity contribution in [3.8, 4) is 17.2 Å².